The summed E-state index contributed by atoms with van der Waals surface area (Å²) in [5, 5.41) is 6.58. The Hall–Kier alpha value is -2.63. The van der Waals surface area contributed by atoms with Gasteiger partial charge in [0.1, 0.15) is 5.82 Å². The Bertz CT molecular complexity index is 793. The lowest BCUT2D eigenvalue weighted by Gasteiger charge is -2.32. The number of carbonyl (C=O) groups excluding carboxylic acids is 1. The molecule has 2 aromatic rings. The quantitative estimate of drug-likeness (QED) is 0.827. The van der Waals surface area contributed by atoms with Crippen molar-refractivity contribution in [1.82, 2.24) is 15.3 Å². The van der Waals surface area contributed by atoms with Gasteiger partial charge >= 0.3 is 0 Å². The van der Waals surface area contributed by atoms with Crippen molar-refractivity contribution in [3.05, 3.63) is 42.1 Å². The normalized spacial score (nSPS) is 18.2. The van der Waals surface area contributed by atoms with Gasteiger partial charge in [-0.25, -0.2) is 4.98 Å². The molecule has 6 nitrogen and oxygen atoms in total. The molecule has 1 aromatic carbocycles. The number of anilines is 3. The summed E-state index contributed by atoms with van der Waals surface area (Å²) in [7, 11) is 0. The Labute approximate surface area is 166 Å². The van der Waals surface area contributed by atoms with Crippen LogP contribution in [0.5, 0.6) is 0 Å². The van der Waals surface area contributed by atoms with Crippen molar-refractivity contribution in [3.63, 3.8) is 0 Å². The number of aromatic nitrogens is 2. The van der Waals surface area contributed by atoms with E-state index >= 15 is 0 Å². The van der Waals surface area contributed by atoms with Crippen LogP contribution in [0.25, 0.3) is 0 Å². The third kappa shape index (κ3) is 4.61. The number of rotatable bonds is 5. The fourth-order valence-corrected chi connectivity index (χ4v) is 4.09. The Balaban J connectivity index is 1.32. The van der Waals surface area contributed by atoms with Crippen LogP contribution >= 0.6 is 0 Å². The van der Waals surface area contributed by atoms with Crippen LogP contribution in [0.3, 0.4) is 0 Å². The molecule has 0 unspecified atom stereocenters. The zero-order valence-corrected chi connectivity index (χ0v) is 16.5. The van der Waals surface area contributed by atoms with Gasteiger partial charge in [0.15, 0.2) is 0 Å². The molecule has 2 N–H and O–H groups in total. The zero-order valence-electron chi connectivity index (χ0n) is 16.5. The van der Waals surface area contributed by atoms with Crippen molar-refractivity contribution in [2.45, 2.75) is 51.5 Å². The highest BCUT2D eigenvalue weighted by Crippen LogP contribution is 2.24. The molecule has 1 saturated heterocycles. The first-order chi connectivity index (χ1) is 13.7. The number of piperidine rings is 1. The number of hydrogen-bond acceptors (Lipinski definition) is 5. The van der Waals surface area contributed by atoms with E-state index in [1.807, 2.05) is 18.2 Å². The second-order valence-electron chi connectivity index (χ2n) is 7.98. The Morgan fingerprint density at radius 1 is 1.04 bits per heavy atom. The van der Waals surface area contributed by atoms with Crippen molar-refractivity contribution in [1.29, 1.82) is 0 Å². The number of hydrogen-bond donors (Lipinski definition) is 2. The third-order valence-electron chi connectivity index (χ3n) is 5.82. The predicted octanol–water partition coefficient (Wildman–Crippen LogP) is 3.80. The molecule has 0 radical (unpaired) electrons. The van der Waals surface area contributed by atoms with Crippen LogP contribution in [0.15, 0.2) is 36.5 Å². The van der Waals surface area contributed by atoms with E-state index in [4.69, 9.17) is 0 Å². The van der Waals surface area contributed by atoms with E-state index in [-0.39, 0.29) is 11.8 Å². The molecular formula is C22H29N5O. The summed E-state index contributed by atoms with van der Waals surface area (Å²) in [6.07, 6.45) is 8.27. The molecule has 28 heavy (non-hydrogen) atoms. The van der Waals surface area contributed by atoms with E-state index in [1.165, 1.54) is 18.4 Å². The molecule has 1 amide bonds. The number of nitrogens with zero attached hydrogens (tertiary/aromatic N) is 3. The fraction of sp³-hybridized carbons (Fsp3) is 0.500. The van der Waals surface area contributed by atoms with Gasteiger partial charge in [-0.3, -0.25) is 4.79 Å². The summed E-state index contributed by atoms with van der Waals surface area (Å²) in [6, 6.07) is 10.5. The van der Waals surface area contributed by atoms with E-state index in [9.17, 15) is 4.79 Å². The molecule has 1 aliphatic carbocycles. The monoisotopic (exact) mass is 379 g/mol. The molecule has 6 heteroatoms. The number of carbonyl (C=O) groups is 1. The molecular weight excluding hydrogens is 350 g/mol. The Kier molecular flexibility index (Phi) is 5.74. The number of aryl methyl sites for hydroxylation is 1. The lowest BCUT2D eigenvalue weighted by atomic mass is 9.95. The molecule has 0 bridgehead atoms. The summed E-state index contributed by atoms with van der Waals surface area (Å²) in [5.74, 6) is 1.87. The lowest BCUT2D eigenvalue weighted by molar-refractivity contribution is -0.126. The molecule has 1 aliphatic heterocycles. The van der Waals surface area contributed by atoms with Crippen molar-refractivity contribution in [2.24, 2.45) is 5.92 Å². The van der Waals surface area contributed by atoms with E-state index in [0.717, 1.165) is 56.2 Å². The van der Waals surface area contributed by atoms with Gasteiger partial charge in [-0.2, -0.15) is 4.98 Å². The highest BCUT2D eigenvalue weighted by atomic mass is 16.1. The predicted molar refractivity (Wildman–Crippen MR) is 112 cm³/mol. The van der Waals surface area contributed by atoms with Crippen LogP contribution < -0.4 is 15.5 Å². The van der Waals surface area contributed by atoms with E-state index in [0.29, 0.717) is 6.04 Å². The maximum Gasteiger partial charge on any atom is 0.227 e. The van der Waals surface area contributed by atoms with Crippen LogP contribution in [0.4, 0.5) is 17.5 Å². The second kappa shape index (κ2) is 8.59. The van der Waals surface area contributed by atoms with Gasteiger partial charge in [-0.05, 0) is 50.8 Å². The lowest BCUT2D eigenvalue weighted by Crippen LogP contribution is -2.43. The van der Waals surface area contributed by atoms with Crippen LogP contribution in [0, 0.1) is 12.8 Å². The van der Waals surface area contributed by atoms with Crippen LogP contribution in [-0.2, 0) is 4.79 Å². The molecule has 1 aromatic heterocycles. The smallest absolute Gasteiger partial charge is 0.227 e. The van der Waals surface area contributed by atoms with Gasteiger partial charge in [0, 0.05) is 36.9 Å². The standard InChI is InChI=1S/C22H29N5O/c1-16-6-8-19(9-7-16)24-20-10-13-23-22(26-20)27-14-11-17(12-15-27)21(28)25-18-4-2-3-5-18/h6-10,13,17-18H,2-5,11-12,14-15H2,1H3,(H,25,28)(H,23,24,26). The SMILES string of the molecule is Cc1ccc(Nc2ccnc(N3CCC(C(=O)NC4CCCC4)CC3)n2)cc1. The van der Waals surface area contributed by atoms with Crippen molar-refractivity contribution >= 4 is 23.4 Å². The molecule has 148 valence electrons. The Morgan fingerprint density at radius 2 is 1.75 bits per heavy atom. The largest absolute Gasteiger partial charge is 0.353 e. The minimum Gasteiger partial charge on any atom is -0.353 e. The van der Waals surface area contributed by atoms with E-state index in [2.05, 4.69) is 44.6 Å². The molecule has 1 saturated carbocycles. The van der Waals surface area contributed by atoms with Crippen LogP contribution in [0.2, 0.25) is 0 Å². The van der Waals surface area contributed by atoms with E-state index < -0.39 is 0 Å². The molecule has 2 fully saturated rings. The summed E-state index contributed by atoms with van der Waals surface area (Å²) in [4.78, 5) is 23.8. The van der Waals surface area contributed by atoms with Crippen molar-refractivity contribution in [3.8, 4) is 0 Å². The van der Waals surface area contributed by atoms with Crippen LogP contribution in [0.1, 0.15) is 44.1 Å². The zero-order chi connectivity index (χ0) is 19.3. The van der Waals surface area contributed by atoms with Crippen LogP contribution in [-0.4, -0.2) is 35.0 Å². The van der Waals surface area contributed by atoms with Gasteiger partial charge in [0.25, 0.3) is 0 Å². The van der Waals surface area contributed by atoms with Gasteiger partial charge in [0.05, 0.1) is 0 Å². The van der Waals surface area contributed by atoms with Crippen molar-refractivity contribution < 1.29 is 4.79 Å². The maximum atomic E-state index is 12.5. The highest BCUT2D eigenvalue weighted by molar-refractivity contribution is 5.79. The average molecular weight is 380 g/mol. The van der Waals surface area contributed by atoms with Crippen molar-refractivity contribution in [2.75, 3.05) is 23.3 Å². The van der Waals surface area contributed by atoms with Gasteiger partial charge in [0.2, 0.25) is 11.9 Å². The van der Waals surface area contributed by atoms with Gasteiger partial charge < -0.3 is 15.5 Å². The fourth-order valence-electron chi connectivity index (χ4n) is 4.09. The minimum atomic E-state index is 0.116. The minimum absolute atomic E-state index is 0.116. The topological polar surface area (TPSA) is 70.2 Å². The van der Waals surface area contributed by atoms with Gasteiger partial charge in [-0.1, -0.05) is 30.5 Å². The number of amides is 1. The van der Waals surface area contributed by atoms with Gasteiger partial charge in [-0.15, -0.1) is 0 Å². The summed E-state index contributed by atoms with van der Waals surface area (Å²) >= 11 is 0. The summed E-state index contributed by atoms with van der Waals surface area (Å²) in [6.45, 7) is 3.71. The van der Waals surface area contributed by atoms with E-state index in [1.54, 1.807) is 6.20 Å². The summed E-state index contributed by atoms with van der Waals surface area (Å²) < 4.78 is 0. The first kappa shape index (κ1) is 18.7. The first-order valence-electron chi connectivity index (χ1n) is 10.4. The average Bonchev–Trinajstić information content (AvgIpc) is 3.23. The molecule has 2 aliphatic rings. The number of benzene rings is 1. The molecule has 4 rings (SSSR count). The highest BCUT2D eigenvalue weighted by Gasteiger charge is 2.28. The maximum absolute atomic E-state index is 12.5. The third-order valence-corrected chi connectivity index (χ3v) is 5.82. The number of nitrogens with one attached hydrogen (secondary N) is 2. The molecule has 0 atom stereocenters. The molecule has 2 heterocycles. The first-order valence-corrected chi connectivity index (χ1v) is 10.4. The second-order valence-corrected chi connectivity index (χ2v) is 7.98. The molecule has 0 spiro atoms. The Morgan fingerprint density at radius 3 is 2.46 bits per heavy atom. The summed E-state index contributed by atoms with van der Waals surface area (Å²) in [5.41, 5.74) is 2.24.